The summed E-state index contributed by atoms with van der Waals surface area (Å²) in [5.41, 5.74) is 1.86. The molecule has 0 spiro atoms. The number of hydrogen-bond acceptors (Lipinski definition) is 4. The zero-order chi connectivity index (χ0) is 28.5. The van der Waals surface area contributed by atoms with Crippen LogP contribution in [0.25, 0.3) is 21.8 Å². The highest BCUT2D eigenvalue weighted by Crippen LogP contribution is 2.28. The second kappa shape index (κ2) is 10.6. The number of hydrogen-bond donors (Lipinski definition) is 1. The predicted octanol–water partition coefficient (Wildman–Crippen LogP) is 5.15. The van der Waals surface area contributed by atoms with E-state index in [0.717, 1.165) is 0 Å². The van der Waals surface area contributed by atoms with Gasteiger partial charge in [-0.3, -0.25) is 14.3 Å². The summed E-state index contributed by atoms with van der Waals surface area (Å²) in [4.78, 5) is 58.0. The molecule has 6 rings (SSSR count). The first-order valence-corrected chi connectivity index (χ1v) is 13.2. The van der Waals surface area contributed by atoms with Crippen LogP contribution in [0.15, 0.2) is 114 Å². The van der Waals surface area contributed by atoms with Crippen molar-refractivity contribution in [3.05, 3.63) is 119 Å². The van der Waals surface area contributed by atoms with Crippen LogP contribution in [0.3, 0.4) is 0 Å². The van der Waals surface area contributed by atoms with Crippen LogP contribution in [-0.4, -0.2) is 63.2 Å². The van der Waals surface area contributed by atoms with Gasteiger partial charge in [0.1, 0.15) is 6.04 Å². The number of aliphatic carboxylic acids is 1. The van der Waals surface area contributed by atoms with Gasteiger partial charge in [-0.2, -0.15) is 0 Å². The number of rotatable bonds is 3. The van der Waals surface area contributed by atoms with E-state index in [2.05, 4.69) is 0 Å². The third kappa shape index (κ3) is 4.57. The first-order valence-electron chi connectivity index (χ1n) is 13.2. The molecule has 1 saturated heterocycles. The van der Waals surface area contributed by atoms with Gasteiger partial charge in [-0.05, 0) is 48.5 Å². The Hall–Kier alpha value is -5.44. The molecule has 1 N–H and O–H groups in total. The maximum Gasteiger partial charge on any atom is 0.330 e. The summed E-state index contributed by atoms with van der Waals surface area (Å²) in [6.07, 6.45) is 0. The van der Waals surface area contributed by atoms with Gasteiger partial charge >= 0.3 is 18.0 Å². The number of amides is 3. The van der Waals surface area contributed by atoms with E-state index in [1.54, 1.807) is 53.4 Å². The van der Waals surface area contributed by atoms with Gasteiger partial charge in [-0.25, -0.2) is 14.4 Å². The average molecular weight is 547 g/mol. The Bertz CT molecular complexity index is 1740. The van der Waals surface area contributed by atoms with Crippen LogP contribution in [0, 0.1) is 0 Å². The monoisotopic (exact) mass is 546 g/mol. The number of pyridine rings is 1. The molecular formula is C32H26N4O5. The lowest BCUT2D eigenvalue weighted by Crippen LogP contribution is -2.61. The summed E-state index contributed by atoms with van der Waals surface area (Å²) >= 11 is 0. The highest BCUT2D eigenvalue weighted by atomic mass is 16.4. The number of carbonyl (C=O) groups excluding carboxylic acids is 2. The van der Waals surface area contributed by atoms with Gasteiger partial charge < -0.3 is 14.9 Å². The Morgan fingerprint density at radius 3 is 1.68 bits per heavy atom. The van der Waals surface area contributed by atoms with E-state index in [-0.39, 0.29) is 31.1 Å². The third-order valence-corrected chi connectivity index (χ3v) is 7.37. The molecule has 1 aromatic heterocycles. The van der Waals surface area contributed by atoms with Gasteiger partial charge in [-0.1, -0.05) is 60.7 Å². The number of urea groups is 1. The molecule has 3 amide bonds. The highest BCUT2D eigenvalue weighted by Gasteiger charge is 2.39. The molecule has 0 aliphatic carbocycles. The second-order valence-electron chi connectivity index (χ2n) is 9.76. The van der Waals surface area contributed by atoms with Crippen LogP contribution in [0.5, 0.6) is 0 Å². The number of aromatic nitrogens is 1. The fraction of sp³-hybridized carbons (Fsp3) is 0.125. The number of benzene rings is 4. The van der Waals surface area contributed by atoms with Crippen molar-refractivity contribution in [2.24, 2.45) is 0 Å². The second-order valence-corrected chi connectivity index (χ2v) is 9.76. The van der Waals surface area contributed by atoms with Crippen LogP contribution in [-0.2, 0) is 4.79 Å². The predicted molar refractivity (Wildman–Crippen MR) is 157 cm³/mol. The topological polar surface area (TPSA) is 103 Å². The van der Waals surface area contributed by atoms with E-state index in [1.165, 1.54) is 14.4 Å². The Kier molecular flexibility index (Phi) is 6.68. The summed E-state index contributed by atoms with van der Waals surface area (Å²) in [7, 11) is 0. The van der Waals surface area contributed by atoms with Crippen molar-refractivity contribution in [3.63, 3.8) is 0 Å². The quantitative estimate of drug-likeness (QED) is 0.315. The molecule has 9 nitrogen and oxygen atoms in total. The number of carbonyl (C=O) groups is 3. The lowest BCUT2D eigenvalue weighted by Gasteiger charge is -2.41. The van der Waals surface area contributed by atoms with Crippen LogP contribution in [0.2, 0.25) is 0 Å². The number of nitrogens with zero attached hydrogens (tertiary/aromatic N) is 4. The minimum absolute atomic E-state index is 0.00621. The van der Waals surface area contributed by atoms with Gasteiger partial charge in [0.15, 0.2) is 5.43 Å². The molecule has 41 heavy (non-hydrogen) atoms. The van der Waals surface area contributed by atoms with Gasteiger partial charge in [-0.15, -0.1) is 0 Å². The first-order chi connectivity index (χ1) is 20.0. The molecule has 1 atom stereocenters. The molecule has 1 fully saturated rings. The van der Waals surface area contributed by atoms with E-state index in [1.807, 2.05) is 60.7 Å². The molecular weight excluding hydrogens is 520 g/mol. The molecule has 2 heterocycles. The molecule has 0 unspecified atom stereocenters. The summed E-state index contributed by atoms with van der Waals surface area (Å²) in [6.45, 7) is -0.0829. The molecule has 1 aliphatic rings. The van der Waals surface area contributed by atoms with Crippen LogP contribution in [0.1, 0.15) is 0 Å². The van der Waals surface area contributed by atoms with Crippen molar-refractivity contribution in [1.82, 2.24) is 14.4 Å². The zero-order valence-electron chi connectivity index (χ0n) is 22.0. The first kappa shape index (κ1) is 25.8. The number of anilines is 2. The van der Waals surface area contributed by atoms with Gasteiger partial charge in [0.25, 0.3) is 0 Å². The summed E-state index contributed by atoms with van der Waals surface area (Å²) < 4.78 is 1.40. The average Bonchev–Trinajstić information content (AvgIpc) is 3.02. The number of carboxylic acid groups (broad SMARTS) is 1. The Balaban J connectivity index is 1.37. The Morgan fingerprint density at radius 1 is 0.683 bits per heavy atom. The van der Waals surface area contributed by atoms with Crippen molar-refractivity contribution in [3.8, 4) is 0 Å². The normalized spacial score (nSPS) is 15.2. The molecule has 0 radical (unpaired) electrons. The minimum atomic E-state index is -1.30. The van der Waals surface area contributed by atoms with Crippen molar-refractivity contribution in [2.75, 3.05) is 24.5 Å². The number of carboxylic acids is 1. The lowest BCUT2D eigenvalue weighted by atomic mass is 10.1. The van der Waals surface area contributed by atoms with E-state index in [0.29, 0.717) is 33.2 Å². The fourth-order valence-electron chi connectivity index (χ4n) is 5.39. The van der Waals surface area contributed by atoms with Crippen molar-refractivity contribution < 1.29 is 19.5 Å². The maximum atomic E-state index is 14.1. The van der Waals surface area contributed by atoms with Crippen molar-refractivity contribution >= 4 is 51.2 Å². The molecule has 204 valence electrons. The molecule has 0 saturated carbocycles. The zero-order valence-corrected chi connectivity index (χ0v) is 22.0. The van der Waals surface area contributed by atoms with Gasteiger partial charge in [0, 0.05) is 23.9 Å². The largest absolute Gasteiger partial charge is 0.480 e. The van der Waals surface area contributed by atoms with Gasteiger partial charge in [0.05, 0.1) is 29.0 Å². The Morgan fingerprint density at radius 2 is 1.17 bits per heavy atom. The number of para-hydroxylation sites is 4. The van der Waals surface area contributed by atoms with Crippen molar-refractivity contribution in [2.45, 2.75) is 6.04 Å². The van der Waals surface area contributed by atoms with Gasteiger partial charge in [0.2, 0.25) is 0 Å². The summed E-state index contributed by atoms with van der Waals surface area (Å²) in [5, 5.41) is 11.0. The number of piperazine rings is 1. The number of fused-ring (bicyclic) bond motifs is 2. The third-order valence-electron chi connectivity index (χ3n) is 7.37. The fourth-order valence-corrected chi connectivity index (χ4v) is 5.39. The van der Waals surface area contributed by atoms with E-state index in [4.69, 9.17) is 0 Å². The summed E-state index contributed by atoms with van der Waals surface area (Å²) in [5.74, 6) is -1.23. The summed E-state index contributed by atoms with van der Waals surface area (Å²) in [6, 6.07) is 29.6. The molecule has 5 aromatic rings. The molecule has 1 aliphatic heterocycles. The lowest BCUT2D eigenvalue weighted by molar-refractivity contribution is -0.143. The SMILES string of the molecule is O=C(O)[C@@H]1CN(C(=O)N(c2ccccc2)c2ccccc2)CCN1C(=O)n1c2ccccc2c(=O)c2ccccc21. The Labute approximate surface area is 235 Å². The van der Waals surface area contributed by atoms with Crippen LogP contribution < -0.4 is 10.3 Å². The standard InChI is InChI=1S/C32H26N4O5/c37-29-24-15-7-9-17-26(24)36(27-18-10-8-16-25(27)29)32(41)34-20-19-33(21-28(34)30(38)39)31(40)35(22-11-3-1-4-12-22)23-13-5-2-6-14-23/h1-18,28H,19-21H2,(H,38,39)/t28-/m0/s1. The molecule has 9 heteroatoms. The smallest absolute Gasteiger partial charge is 0.330 e. The highest BCUT2D eigenvalue weighted by molar-refractivity contribution is 6.03. The van der Waals surface area contributed by atoms with Crippen molar-refractivity contribution in [1.29, 1.82) is 0 Å². The molecule has 4 aromatic carbocycles. The van der Waals surface area contributed by atoms with E-state index in [9.17, 15) is 24.3 Å². The minimum Gasteiger partial charge on any atom is -0.480 e. The van der Waals surface area contributed by atoms with Crippen LogP contribution >= 0.6 is 0 Å². The van der Waals surface area contributed by atoms with E-state index >= 15 is 0 Å². The van der Waals surface area contributed by atoms with E-state index < -0.39 is 18.0 Å². The molecule has 0 bridgehead atoms. The van der Waals surface area contributed by atoms with Crippen LogP contribution in [0.4, 0.5) is 21.0 Å². The maximum absolute atomic E-state index is 14.1.